The summed E-state index contributed by atoms with van der Waals surface area (Å²) in [6.45, 7) is 11.5. The smallest absolute Gasteiger partial charge is 0.435 e. The molecule has 0 unspecified atom stereocenters. The fraction of sp³-hybridized carbons (Fsp3) is 0.444. The molecule has 1 N–H and O–H groups in total. The number of nitrogens with one attached hydrogen (secondary N) is 1. The van der Waals surface area contributed by atoms with Crippen molar-refractivity contribution < 1.29 is 19.1 Å². The van der Waals surface area contributed by atoms with Gasteiger partial charge >= 0.3 is 12.2 Å². The van der Waals surface area contributed by atoms with E-state index in [1.807, 2.05) is 72.7 Å². The second kappa shape index (κ2) is 9.98. The highest BCUT2D eigenvalue weighted by Crippen LogP contribution is 2.37. The number of alkyl carbamates (subject to hydrolysis) is 1. The Hall–Kier alpha value is -3.55. The summed E-state index contributed by atoms with van der Waals surface area (Å²) >= 11 is 0. The number of anilines is 1. The summed E-state index contributed by atoms with van der Waals surface area (Å²) < 4.78 is 12.1. The number of aromatic nitrogens is 2. The molecule has 0 spiro atoms. The molecule has 1 amide bonds. The largest absolute Gasteiger partial charge is 0.444 e. The zero-order chi connectivity index (χ0) is 26.0. The number of hydrogen-bond donors (Lipinski definition) is 1. The monoisotopic (exact) mass is 480 g/mol. The highest BCUT2D eigenvalue weighted by molar-refractivity contribution is 6.02. The number of nitrogens with zero attached hydrogens (tertiary/aromatic N) is 3. The van der Waals surface area contributed by atoms with Crippen molar-refractivity contribution >= 4 is 28.8 Å². The quantitative estimate of drug-likeness (QED) is 0.510. The number of hydrogen-bond acceptors (Lipinski definition) is 6. The van der Waals surface area contributed by atoms with Crippen molar-refractivity contribution in [3.63, 3.8) is 0 Å². The predicted octanol–water partition coefficient (Wildman–Crippen LogP) is 5.62. The molecule has 8 heteroatoms. The third kappa shape index (κ3) is 6.74. The zero-order valence-corrected chi connectivity index (χ0v) is 21.9. The summed E-state index contributed by atoms with van der Waals surface area (Å²) in [5.74, 6) is 0. The van der Waals surface area contributed by atoms with Crippen LogP contribution in [0.15, 0.2) is 42.6 Å². The molecule has 3 aromatic rings. The molecule has 1 heterocycles. The van der Waals surface area contributed by atoms with E-state index in [1.54, 1.807) is 6.20 Å². The van der Waals surface area contributed by atoms with Gasteiger partial charge in [-0.05, 0) is 65.2 Å². The average molecular weight is 481 g/mol. The van der Waals surface area contributed by atoms with Crippen LogP contribution in [-0.4, -0.2) is 53.8 Å². The lowest BCUT2D eigenvalue weighted by Crippen LogP contribution is -2.33. The summed E-state index contributed by atoms with van der Waals surface area (Å²) in [7, 11) is 3.94. The van der Waals surface area contributed by atoms with Gasteiger partial charge in [-0.25, -0.2) is 9.59 Å². The van der Waals surface area contributed by atoms with Gasteiger partial charge in [-0.1, -0.05) is 30.3 Å². The van der Waals surface area contributed by atoms with Gasteiger partial charge in [-0.2, -0.15) is 9.78 Å². The van der Waals surface area contributed by atoms with E-state index in [9.17, 15) is 9.59 Å². The van der Waals surface area contributed by atoms with Crippen molar-refractivity contribution in [1.82, 2.24) is 15.1 Å². The average Bonchev–Trinajstić information content (AvgIpc) is 3.15. The SMILES string of the molecule is CN(C)c1c(-c2ccc(CCNC(=O)OC(C)(C)C)cc2)ccc2c1cnn2C(=O)OC(C)(C)C. The van der Waals surface area contributed by atoms with Crippen LogP contribution in [0.3, 0.4) is 0 Å². The molecule has 35 heavy (non-hydrogen) atoms. The predicted molar refractivity (Wildman–Crippen MR) is 139 cm³/mol. The van der Waals surface area contributed by atoms with E-state index in [0.717, 1.165) is 27.8 Å². The summed E-state index contributed by atoms with van der Waals surface area (Å²) in [6.07, 6.45) is 1.48. The first-order valence-electron chi connectivity index (χ1n) is 11.7. The van der Waals surface area contributed by atoms with Gasteiger partial charge in [0.15, 0.2) is 0 Å². The fourth-order valence-corrected chi connectivity index (χ4v) is 3.73. The molecular formula is C27H36N4O4. The van der Waals surface area contributed by atoms with Gasteiger partial charge in [0.2, 0.25) is 0 Å². The summed E-state index contributed by atoms with van der Waals surface area (Å²) in [4.78, 5) is 26.5. The van der Waals surface area contributed by atoms with E-state index in [4.69, 9.17) is 9.47 Å². The first-order chi connectivity index (χ1) is 16.2. The molecular weight excluding hydrogens is 444 g/mol. The second-order valence-electron chi connectivity index (χ2n) is 10.7. The Kier molecular flexibility index (Phi) is 7.43. The highest BCUT2D eigenvalue weighted by atomic mass is 16.6. The molecule has 0 atom stereocenters. The topological polar surface area (TPSA) is 85.7 Å². The van der Waals surface area contributed by atoms with Crippen molar-refractivity contribution in [2.75, 3.05) is 25.5 Å². The molecule has 188 valence electrons. The van der Waals surface area contributed by atoms with Gasteiger partial charge in [0.05, 0.1) is 17.4 Å². The van der Waals surface area contributed by atoms with Crippen LogP contribution in [-0.2, 0) is 15.9 Å². The van der Waals surface area contributed by atoms with Crippen LogP contribution >= 0.6 is 0 Å². The highest BCUT2D eigenvalue weighted by Gasteiger charge is 2.22. The molecule has 0 bridgehead atoms. The molecule has 2 aromatic carbocycles. The van der Waals surface area contributed by atoms with E-state index < -0.39 is 23.4 Å². The van der Waals surface area contributed by atoms with Gasteiger partial charge in [0.1, 0.15) is 11.2 Å². The van der Waals surface area contributed by atoms with Crippen molar-refractivity contribution in [2.45, 2.75) is 59.2 Å². The number of ether oxygens (including phenoxy) is 2. The van der Waals surface area contributed by atoms with Crippen LogP contribution < -0.4 is 10.2 Å². The molecule has 0 aliphatic heterocycles. The van der Waals surface area contributed by atoms with Gasteiger partial charge in [0.25, 0.3) is 0 Å². The Morgan fingerprint density at radius 3 is 2.14 bits per heavy atom. The van der Waals surface area contributed by atoms with E-state index in [2.05, 4.69) is 34.7 Å². The molecule has 0 fully saturated rings. The Morgan fingerprint density at radius 1 is 0.943 bits per heavy atom. The maximum absolute atomic E-state index is 12.6. The van der Waals surface area contributed by atoms with Crippen molar-refractivity contribution in [3.05, 3.63) is 48.2 Å². The lowest BCUT2D eigenvalue weighted by Gasteiger charge is -2.21. The van der Waals surface area contributed by atoms with Crippen molar-refractivity contribution in [3.8, 4) is 11.1 Å². The molecule has 0 radical (unpaired) electrons. The summed E-state index contributed by atoms with van der Waals surface area (Å²) in [6, 6.07) is 12.1. The van der Waals surface area contributed by atoms with Crippen molar-refractivity contribution in [1.29, 1.82) is 0 Å². The minimum Gasteiger partial charge on any atom is -0.444 e. The molecule has 0 saturated heterocycles. The number of carbonyl (C=O) groups excluding carboxylic acids is 2. The molecule has 0 aliphatic rings. The number of rotatable bonds is 5. The van der Waals surface area contributed by atoms with Crippen LogP contribution in [0.25, 0.3) is 22.0 Å². The lowest BCUT2D eigenvalue weighted by molar-refractivity contribution is 0.0514. The first kappa shape index (κ1) is 26.1. The van der Waals surface area contributed by atoms with Crippen LogP contribution in [0.1, 0.15) is 47.1 Å². The van der Waals surface area contributed by atoms with E-state index in [1.165, 1.54) is 4.68 Å². The van der Waals surface area contributed by atoms with Gasteiger partial charge in [-0.3, -0.25) is 0 Å². The number of benzene rings is 2. The third-order valence-corrected chi connectivity index (χ3v) is 5.09. The summed E-state index contributed by atoms with van der Waals surface area (Å²) in [5, 5.41) is 7.97. The van der Waals surface area contributed by atoms with E-state index in [0.29, 0.717) is 18.5 Å². The van der Waals surface area contributed by atoms with Gasteiger partial charge < -0.3 is 19.7 Å². The third-order valence-electron chi connectivity index (χ3n) is 5.09. The molecule has 3 rings (SSSR count). The van der Waals surface area contributed by atoms with Crippen LogP contribution in [0.4, 0.5) is 15.3 Å². The Labute approximate surface area is 207 Å². The number of fused-ring (bicyclic) bond motifs is 1. The van der Waals surface area contributed by atoms with E-state index >= 15 is 0 Å². The Bertz CT molecular complexity index is 1200. The van der Waals surface area contributed by atoms with Crippen LogP contribution in [0.5, 0.6) is 0 Å². The Balaban J connectivity index is 1.81. The van der Waals surface area contributed by atoms with E-state index in [-0.39, 0.29) is 0 Å². The van der Waals surface area contributed by atoms with Gasteiger partial charge in [-0.15, -0.1) is 0 Å². The summed E-state index contributed by atoms with van der Waals surface area (Å²) in [5.41, 5.74) is 3.72. The lowest BCUT2D eigenvalue weighted by atomic mass is 9.99. The normalized spacial score (nSPS) is 11.9. The molecule has 1 aromatic heterocycles. The first-order valence-corrected chi connectivity index (χ1v) is 11.7. The Morgan fingerprint density at radius 2 is 1.57 bits per heavy atom. The maximum Gasteiger partial charge on any atom is 0.435 e. The second-order valence-corrected chi connectivity index (χ2v) is 10.7. The molecule has 0 saturated carbocycles. The molecule has 0 aliphatic carbocycles. The number of amides is 1. The van der Waals surface area contributed by atoms with Crippen molar-refractivity contribution in [2.24, 2.45) is 0 Å². The minimum atomic E-state index is -0.607. The van der Waals surface area contributed by atoms with Crippen LogP contribution in [0.2, 0.25) is 0 Å². The maximum atomic E-state index is 12.6. The standard InChI is InChI=1S/C27H36N4O4/c1-26(2,3)34-24(32)28-16-15-18-9-11-19(12-10-18)20-13-14-22-21(23(20)30(7)8)17-29-31(22)25(33)35-27(4,5)6/h9-14,17H,15-16H2,1-8H3,(H,28,32). The zero-order valence-electron chi connectivity index (χ0n) is 21.9. The number of carbonyl (C=O) groups is 2. The fourth-order valence-electron chi connectivity index (χ4n) is 3.73. The minimum absolute atomic E-state index is 0.412. The molecule has 8 nitrogen and oxygen atoms in total. The van der Waals surface area contributed by atoms with Crippen LogP contribution in [0, 0.1) is 0 Å². The van der Waals surface area contributed by atoms with Gasteiger partial charge in [0, 0.05) is 31.6 Å².